The van der Waals surface area contributed by atoms with Crippen LogP contribution in [0, 0.1) is 19.7 Å². The minimum absolute atomic E-state index is 0.135. The van der Waals surface area contributed by atoms with Gasteiger partial charge < -0.3 is 14.2 Å². The molecule has 0 unspecified atom stereocenters. The highest BCUT2D eigenvalue weighted by Crippen LogP contribution is 2.34. The van der Waals surface area contributed by atoms with Crippen molar-refractivity contribution in [3.8, 4) is 11.4 Å². The number of hydrogen-bond acceptors (Lipinski definition) is 5. The van der Waals surface area contributed by atoms with Crippen LogP contribution >= 0.6 is 11.8 Å². The molecular formula is C29H28FN3O4S. The number of aryl methyl sites for hydroxylation is 1. The molecule has 0 atom stereocenters. The molecule has 2 aromatic carbocycles. The largest absolute Gasteiger partial charge is 0.489 e. The molecule has 3 heterocycles. The summed E-state index contributed by atoms with van der Waals surface area (Å²) >= 11 is 0.863. The number of carbonyl (C=O) groups is 3. The molecule has 2 saturated heterocycles. The van der Waals surface area contributed by atoms with Gasteiger partial charge in [-0.15, -0.1) is 0 Å². The van der Waals surface area contributed by atoms with E-state index in [4.69, 9.17) is 4.74 Å². The number of nitrogens with zero attached hydrogens (tertiary/aromatic N) is 3. The first-order chi connectivity index (χ1) is 18.3. The van der Waals surface area contributed by atoms with E-state index in [9.17, 15) is 18.8 Å². The van der Waals surface area contributed by atoms with Gasteiger partial charge in [-0.3, -0.25) is 19.3 Å². The highest BCUT2D eigenvalue weighted by atomic mass is 32.2. The van der Waals surface area contributed by atoms with Crippen molar-refractivity contribution in [3.05, 3.63) is 87.8 Å². The SMILES string of the molecule is Cc1cc(/C=C2/SC(=O)N(CC(=O)N3CCCC3)C2=O)c(C)n1-c1ccc(OCc2ccccc2F)cc1. The average Bonchev–Trinajstić information content (AvgIpc) is 3.60. The summed E-state index contributed by atoms with van der Waals surface area (Å²) in [6.45, 7) is 5.18. The number of thioether (sulfide) groups is 1. The Kier molecular flexibility index (Phi) is 7.37. The summed E-state index contributed by atoms with van der Waals surface area (Å²) in [6, 6.07) is 16.0. The second-order valence-electron chi connectivity index (χ2n) is 9.39. The van der Waals surface area contributed by atoms with Gasteiger partial charge in [0.1, 0.15) is 24.7 Å². The fraction of sp³-hybridized carbons (Fsp3) is 0.276. The predicted molar refractivity (Wildman–Crippen MR) is 144 cm³/mol. The Hall–Kier alpha value is -3.85. The Balaban J connectivity index is 1.30. The zero-order valence-electron chi connectivity index (χ0n) is 21.3. The van der Waals surface area contributed by atoms with Crippen LogP contribution in [0.2, 0.25) is 0 Å². The lowest BCUT2D eigenvalue weighted by atomic mass is 10.2. The number of benzene rings is 2. The second-order valence-corrected chi connectivity index (χ2v) is 10.4. The molecule has 2 aliphatic heterocycles. The number of aromatic nitrogens is 1. The number of rotatable bonds is 7. The molecule has 1 aromatic heterocycles. The van der Waals surface area contributed by atoms with Gasteiger partial charge in [0.25, 0.3) is 11.1 Å². The van der Waals surface area contributed by atoms with Gasteiger partial charge in [-0.2, -0.15) is 0 Å². The summed E-state index contributed by atoms with van der Waals surface area (Å²) in [5.41, 5.74) is 4.07. The maximum atomic E-state index is 13.9. The van der Waals surface area contributed by atoms with Gasteiger partial charge in [0, 0.05) is 35.7 Å². The van der Waals surface area contributed by atoms with E-state index in [1.807, 2.05) is 48.7 Å². The van der Waals surface area contributed by atoms with Crippen molar-refractivity contribution in [2.75, 3.05) is 19.6 Å². The number of carbonyl (C=O) groups excluding carboxylic acids is 3. The number of halogens is 1. The zero-order valence-corrected chi connectivity index (χ0v) is 22.1. The molecule has 3 amide bonds. The summed E-state index contributed by atoms with van der Waals surface area (Å²) in [5, 5.41) is -0.423. The molecule has 2 fully saturated rings. The molecule has 3 aromatic rings. The third-order valence-electron chi connectivity index (χ3n) is 6.83. The Morgan fingerprint density at radius 3 is 2.47 bits per heavy atom. The van der Waals surface area contributed by atoms with E-state index in [1.54, 1.807) is 29.2 Å². The number of imide groups is 1. The number of likely N-dealkylation sites (tertiary alicyclic amines) is 1. The highest BCUT2D eigenvalue weighted by molar-refractivity contribution is 8.18. The van der Waals surface area contributed by atoms with E-state index >= 15 is 0 Å². The second kappa shape index (κ2) is 10.9. The highest BCUT2D eigenvalue weighted by Gasteiger charge is 2.37. The molecule has 0 saturated carbocycles. The van der Waals surface area contributed by atoms with E-state index in [1.165, 1.54) is 6.07 Å². The molecule has 7 nitrogen and oxygen atoms in total. The fourth-order valence-electron chi connectivity index (χ4n) is 4.78. The van der Waals surface area contributed by atoms with Crippen molar-refractivity contribution in [3.63, 3.8) is 0 Å². The summed E-state index contributed by atoms with van der Waals surface area (Å²) in [5.74, 6) is -0.303. The van der Waals surface area contributed by atoms with Crippen molar-refractivity contribution in [2.24, 2.45) is 0 Å². The molecule has 0 bridgehead atoms. The van der Waals surface area contributed by atoms with E-state index < -0.39 is 11.1 Å². The maximum Gasteiger partial charge on any atom is 0.294 e. The predicted octanol–water partition coefficient (Wildman–Crippen LogP) is 5.47. The molecule has 0 spiro atoms. The molecular weight excluding hydrogens is 505 g/mol. The minimum atomic E-state index is -0.436. The summed E-state index contributed by atoms with van der Waals surface area (Å²) < 4.78 is 21.6. The van der Waals surface area contributed by atoms with Gasteiger partial charge >= 0.3 is 0 Å². The lowest BCUT2D eigenvalue weighted by molar-refractivity contribution is -0.135. The van der Waals surface area contributed by atoms with Crippen LogP contribution in [0.25, 0.3) is 11.8 Å². The normalized spacial score (nSPS) is 16.7. The number of ether oxygens (including phenoxy) is 1. The lowest BCUT2D eigenvalue weighted by Gasteiger charge is -2.18. The molecule has 38 heavy (non-hydrogen) atoms. The average molecular weight is 534 g/mol. The van der Waals surface area contributed by atoms with Crippen LogP contribution in [0.1, 0.15) is 35.4 Å². The quantitative estimate of drug-likeness (QED) is 0.377. The van der Waals surface area contributed by atoms with Crippen molar-refractivity contribution in [2.45, 2.75) is 33.3 Å². The molecule has 2 aliphatic rings. The van der Waals surface area contributed by atoms with Crippen LogP contribution in [0.5, 0.6) is 5.75 Å². The molecule has 0 radical (unpaired) electrons. The smallest absolute Gasteiger partial charge is 0.294 e. The molecule has 9 heteroatoms. The minimum Gasteiger partial charge on any atom is -0.489 e. The van der Waals surface area contributed by atoms with Crippen LogP contribution in [0.3, 0.4) is 0 Å². The van der Waals surface area contributed by atoms with Gasteiger partial charge in [-0.05, 0) is 86.5 Å². The first kappa shape index (κ1) is 25.8. The van der Waals surface area contributed by atoms with Crippen molar-refractivity contribution in [1.29, 1.82) is 0 Å². The molecule has 196 valence electrons. The van der Waals surface area contributed by atoms with Crippen molar-refractivity contribution >= 4 is 34.9 Å². The fourth-order valence-corrected chi connectivity index (χ4v) is 5.61. The van der Waals surface area contributed by atoms with Crippen LogP contribution < -0.4 is 4.74 Å². The summed E-state index contributed by atoms with van der Waals surface area (Å²) in [4.78, 5) is 41.0. The van der Waals surface area contributed by atoms with Gasteiger partial charge in [0.15, 0.2) is 0 Å². The molecule has 0 N–H and O–H groups in total. The third kappa shape index (κ3) is 5.24. The number of hydrogen-bond donors (Lipinski definition) is 0. The van der Waals surface area contributed by atoms with E-state index in [2.05, 4.69) is 0 Å². The van der Waals surface area contributed by atoms with Crippen LogP contribution in [0.4, 0.5) is 9.18 Å². The molecule has 5 rings (SSSR count). The maximum absolute atomic E-state index is 13.9. The third-order valence-corrected chi connectivity index (χ3v) is 7.74. The van der Waals surface area contributed by atoms with Gasteiger partial charge in [0.05, 0.1) is 4.91 Å². The van der Waals surface area contributed by atoms with Crippen molar-refractivity contribution in [1.82, 2.24) is 14.4 Å². The Morgan fingerprint density at radius 2 is 1.76 bits per heavy atom. The standard InChI is InChI=1S/C29H28FN3O4S/c1-19-15-22(16-26-28(35)32(29(36)38-26)17-27(34)31-13-5-6-14-31)20(2)33(19)23-9-11-24(12-10-23)37-18-21-7-3-4-8-25(21)30/h3-4,7-12,15-16H,5-6,13-14,17-18H2,1-2H3/b26-16+. The van der Waals surface area contributed by atoms with Crippen LogP contribution in [-0.4, -0.2) is 51.1 Å². The van der Waals surface area contributed by atoms with Gasteiger partial charge in [0.2, 0.25) is 5.91 Å². The summed E-state index contributed by atoms with van der Waals surface area (Å²) in [7, 11) is 0. The van der Waals surface area contributed by atoms with Crippen molar-refractivity contribution < 1.29 is 23.5 Å². The van der Waals surface area contributed by atoms with Gasteiger partial charge in [-0.1, -0.05) is 18.2 Å². The monoisotopic (exact) mass is 533 g/mol. The lowest BCUT2D eigenvalue weighted by Crippen LogP contribution is -2.40. The summed E-state index contributed by atoms with van der Waals surface area (Å²) in [6.07, 6.45) is 3.62. The van der Waals surface area contributed by atoms with Crippen LogP contribution in [0.15, 0.2) is 59.5 Å². The first-order valence-corrected chi connectivity index (χ1v) is 13.3. The van der Waals surface area contributed by atoms with Crippen LogP contribution in [-0.2, 0) is 16.2 Å². The Bertz CT molecular complexity index is 1420. The molecule has 0 aliphatic carbocycles. The van der Waals surface area contributed by atoms with E-state index in [-0.39, 0.29) is 24.9 Å². The topological polar surface area (TPSA) is 71.9 Å². The Morgan fingerprint density at radius 1 is 1.05 bits per heavy atom. The number of amides is 3. The van der Waals surface area contributed by atoms with Gasteiger partial charge in [-0.25, -0.2) is 4.39 Å². The Labute approximate surface area is 224 Å². The van der Waals surface area contributed by atoms with E-state index in [0.29, 0.717) is 29.3 Å². The zero-order chi connectivity index (χ0) is 26.8. The first-order valence-electron chi connectivity index (χ1n) is 12.5. The van der Waals surface area contributed by atoms with E-state index in [0.717, 1.165) is 52.1 Å².